The van der Waals surface area contributed by atoms with Crippen molar-refractivity contribution in [1.82, 2.24) is 9.97 Å². The maximum Gasteiger partial charge on any atom is 0.437 e. The van der Waals surface area contributed by atoms with E-state index in [1.54, 1.807) is 17.2 Å². The molecule has 1 saturated heterocycles. The molecular formula is C31H29F3N4O2. The van der Waals surface area contributed by atoms with E-state index in [9.17, 15) is 18.0 Å². The molecule has 40 heavy (non-hydrogen) atoms. The van der Waals surface area contributed by atoms with Gasteiger partial charge in [0.25, 0.3) is 6.01 Å². The molecule has 0 radical (unpaired) electrons. The van der Waals surface area contributed by atoms with E-state index >= 15 is 0 Å². The van der Waals surface area contributed by atoms with Gasteiger partial charge >= 0.3 is 6.18 Å². The van der Waals surface area contributed by atoms with Crippen LogP contribution in [0.3, 0.4) is 0 Å². The maximum atomic E-state index is 13.9. The van der Waals surface area contributed by atoms with Gasteiger partial charge in [-0.3, -0.25) is 4.79 Å². The second-order valence-corrected chi connectivity index (χ2v) is 10.4. The average Bonchev–Trinajstić information content (AvgIpc) is 3.45. The first-order chi connectivity index (χ1) is 19.3. The van der Waals surface area contributed by atoms with Crippen molar-refractivity contribution in [3.63, 3.8) is 0 Å². The number of benzene rings is 2. The molecule has 4 aromatic rings. The molecule has 9 heteroatoms. The van der Waals surface area contributed by atoms with Gasteiger partial charge in [0, 0.05) is 38.8 Å². The zero-order valence-electron chi connectivity index (χ0n) is 21.9. The number of carbonyl (C=O) groups excluding carboxylic acids is 1. The number of fused-ring (bicyclic) bond motifs is 1. The Morgan fingerprint density at radius 3 is 2.33 bits per heavy atom. The summed E-state index contributed by atoms with van der Waals surface area (Å²) >= 11 is 0. The number of rotatable bonds is 6. The van der Waals surface area contributed by atoms with Gasteiger partial charge in [-0.15, -0.1) is 0 Å². The molecule has 0 amide bonds. The Bertz CT molecular complexity index is 1480. The first kappa shape index (κ1) is 26.1. The summed E-state index contributed by atoms with van der Waals surface area (Å²) in [6, 6.07) is 21.6. The van der Waals surface area contributed by atoms with Crippen molar-refractivity contribution in [2.24, 2.45) is 0 Å². The lowest BCUT2D eigenvalue weighted by Crippen LogP contribution is -2.33. The molecule has 0 atom stereocenters. The molecule has 206 valence electrons. The lowest BCUT2D eigenvalue weighted by molar-refractivity contribution is -0.141. The number of Topliss-reactive ketones (excluding diaryl/α,β-unsaturated/α-hetero) is 1. The fourth-order valence-electron chi connectivity index (χ4n) is 5.63. The van der Waals surface area contributed by atoms with Gasteiger partial charge in [-0.25, -0.2) is 4.98 Å². The number of pyridine rings is 1. The number of hydrogen-bond donors (Lipinski definition) is 0. The number of hydrogen-bond acceptors (Lipinski definition) is 6. The van der Waals surface area contributed by atoms with E-state index in [4.69, 9.17) is 4.42 Å². The van der Waals surface area contributed by atoms with Crippen molar-refractivity contribution in [2.45, 2.75) is 44.3 Å². The summed E-state index contributed by atoms with van der Waals surface area (Å²) in [6.07, 6.45) is -0.822. The number of aromatic nitrogens is 2. The Labute approximate surface area is 230 Å². The maximum absolute atomic E-state index is 13.9. The van der Waals surface area contributed by atoms with Crippen LogP contribution in [0.25, 0.3) is 0 Å². The number of nitrogens with zero attached hydrogens (tertiary/aromatic N) is 4. The van der Waals surface area contributed by atoms with E-state index in [-0.39, 0.29) is 12.4 Å². The molecule has 0 N–H and O–H groups in total. The largest absolute Gasteiger partial charge is 0.437 e. The molecule has 2 aliphatic heterocycles. The molecule has 2 aromatic carbocycles. The zero-order chi connectivity index (χ0) is 27.7. The Morgan fingerprint density at radius 1 is 0.900 bits per heavy atom. The molecule has 2 aliphatic rings. The topological polar surface area (TPSA) is 62.5 Å². The minimum absolute atomic E-state index is 0.183. The van der Waals surface area contributed by atoms with Crippen LogP contribution in [-0.2, 0) is 25.6 Å². The normalized spacial score (nSPS) is 16.2. The molecule has 0 saturated carbocycles. The molecule has 1 fully saturated rings. The highest BCUT2D eigenvalue weighted by Gasteiger charge is 2.42. The standard InChI is InChI=1S/C31H29F3N4O2/c32-31(33,34)29-28(40-30(36-29)38-17-14-23-8-4-5-9-25(23)20-38)26(39)18-21-10-11-27(35-19-21)37-15-12-24(13-16-37)22-6-2-1-3-7-22/h1-11,19,24H,12-18,20H2. The second kappa shape index (κ2) is 10.8. The molecule has 0 bridgehead atoms. The molecule has 0 spiro atoms. The quantitative estimate of drug-likeness (QED) is 0.259. The summed E-state index contributed by atoms with van der Waals surface area (Å²) < 4.78 is 47.1. The van der Waals surface area contributed by atoms with Crippen molar-refractivity contribution < 1.29 is 22.4 Å². The van der Waals surface area contributed by atoms with E-state index < -0.39 is 23.4 Å². The molecule has 4 heterocycles. The van der Waals surface area contributed by atoms with Crippen LogP contribution < -0.4 is 9.80 Å². The number of carbonyl (C=O) groups is 1. The number of alkyl halides is 3. The van der Waals surface area contributed by atoms with Crippen LogP contribution in [0.15, 0.2) is 77.3 Å². The first-order valence-electron chi connectivity index (χ1n) is 13.5. The Hall–Kier alpha value is -4.14. The van der Waals surface area contributed by atoms with Gasteiger partial charge in [0.1, 0.15) is 5.82 Å². The molecule has 0 unspecified atom stereocenters. The smallest absolute Gasteiger partial charge is 0.420 e. The van der Waals surface area contributed by atoms with Crippen LogP contribution in [0.1, 0.15) is 57.3 Å². The summed E-state index contributed by atoms with van der Waals surface area (Å²) in [7, 11) is 0. The van der Waals surface area contributed by atoms with Crippen molar-refractivity contribution in [3.8, 4) is 0 Å². The number of piperidine rings is 1. The Balaban J connectivity index is 1.13. The van der Waals surface area contributed by atoms with Crippen LogP contribution in [0.4, 0.5) is 25.0 Å². The van der Waals surface area contributed by atoms with Gasteiger partial charge < -0.3 is 14.2 Å². The first-order valence-corrected chi connectivity index (χ1v) is 13.5. The summed E-state index contributed by atoms with van der Waals surface area (Å²) in [6.45, 7) is 2.55. The summed E-state index contributed by atoms with van der Waals surface area (Å²) in [5, 5.41) is 0. The van der Waals surface area contributed by atoms with Crippen LogP contribution in [0.2, 0.25) is 0 Å². The van der Waals surface area contributed by atoms with Crippen molar-refractivity contribution in [3.05, 3.63) is 107 Å². The molecule has 0 aliphatic carbocycles. The fourth-order valence-corrected chi connectivity index (χ4v) is 5.63. The molecule has 6 rings (SSSR count). The molecule has 6 nitrogen and oxygen atoms in total. The van der Waals surface area contributed by atoms with Gasteiger partial charge in [0.15, 0.2) is 5.69 Å². The number of anilines is 2. The van der Waals surface area contributed by atoms with Gasteiger partial charge in [0.2, 0.25) is 11.5 Å². The highest BCUT2D eigenvalue weighted by atomic mass is 19.4. The van der Waals surface area contributed by atoms with Crippen molar-refractivity contribution in [1.29, 1.82) is 0 Å². The van der Waals surface area contributed by atoms with Gasteiger partial charge in [-0.1, -0.05) is 60.7 Å². The predicted octanol–water partition coefficient (Wildman–Crippen LogP) is 6.46. The third kappa shape index (κ3) is 5.46. The monoisotopic (exact) mass is 546 g/mol. The third-order valence-corrected chi connectivity index (χ3v) is 7.80. The zero-order valence-corrected chi connectivity index (χ0v) is 21.9. The molecular weight excluding hydrogens is 517 g/mol. The minimum Gasteiger partial charge on any atom is -0.420 e. The Morgan fingerprint density at radius 2 is 1.62 bits per heavy atom. The number of ketones is 1. The van der Waals surface area contributed by atoms with Gasteiger partial charge in [-0.05, 0) is 53.5 Å². The van der Waals surface area contributed by atoms with Crippen LogP contribution in [-0.4, -0.2) is 35.4 Å². The lowest BCUT2D eigenvalue weighted by atomic mass is 9.89. The summed E-state index contributed by atoms with van der Waals surface area (Å²) in [5.41, 5.74) is 2.74. The van der Waals surface area contributed by atoms with E-state index in [0.717, 1.165) is 42.9 Å². The Kier molecular flexibility index (Phi) is 7.04. The van der Waals surface area contributed by atoms with Crippen LogP contribution in [0, 0.1) is 0 Å². The number of oxazole rings is 1. The third-order valence-electron chi connectivity index (χ3n) is 7.80. The van der Waals surface area contributed by atoms with Crippen molar-refractivity contribution >= 4 is 17.6 Å². The second-order valence-electron chi connectivity index (χ2n) is 10.4. The predicted molar refractivity (Wildman–Crippen MR) is 146 cm³/mol. The van der Waals surface area contributed by atoms with Gasteiger partial charge in [-0.2, -0.15) is 18.2 Å². The average molecular weight is 547 g/mol. The van der Waals surface area contributed by atoms with E-state index in [0.29, 0.717) is 31.0 Å². The highest BCUT2D eigenvalue weighted by molar-refractivity contribution is 5.96. The van der Waals surface area contributed by atoms with E-state index in [1.807, 2.05) is 36.4 Å². The van der Waals surface area contributed by atoms with E-state index in [2.05, 4.69) is 39.1 Å². The minimum atomic E-state index is -4.81. The van der Waals surface area contributed by atoms with Crippen LogP contribution in [0.5, 0.6) is 0 Å². The van der Waals surface area contributed by atoms with Gasteiger partial charge in [0.05, 0.1) is 0 Å². The van der Waals surface area contributed by atoms with Crippen molar-refractivity contribution in [2.75, 3.05) is 29.4 Å². The SMILES string of the molecule is O=C(Cc1ccc(N2CCC(c3ccccc3)CC2)nc1)c1oc(N2CCc3ccccc3C2)nc1C(F)(F)F. The summed E-state index contributed by atoms with van der Waals surface area (Å²) in [4.78, 5) is 25.1. The number of halogens is 3. The summed E-state index contributed by atoms with van der Waals surface area (Å²) in [5.74, 6) is -0.218. The molecule has 2 aromatic heterocycles. The van der Waals surface area contributed by atoms with E-state index in [1.165, 1.54) is 5.56 Å². The van der Waals surface area contributed by atoms with Crippen LogP contribution >= 0.6 is 0 Å². The lowest BCUT2D eigenvalue weighted by Gasteiger charge is -2.33. The fraction of sp³-hybridized carbons (Fsp3) is 0.323. The highest BCUT2D eigenvalue weighted by Crippen LogP contribution is 2.36.